The first-order chi connectivity index (χ1) is 11.5. The average Bonchev–Trinajstić information content (AvgIpc) is 2.58. The summed E-state index contributed by atoms with van der Waals surface area (Å²) in [5.74, 6) is -0.910. The van der Waals surface area contributed by atoms with Crippen LogP contribution in [0.15, 0.2) is 54.6 Å². The van der Waals surface area contributed by atoms with E-state index in [1.165, 1.54) is 6.08 Å². The lowest BCUT2D eigenvalue weighted by atomic mass is 10.1. The van der Waals surface area contributed by atoms with Crippen LogP contribution >= 0.6 is 0 Å². The number of ether oxygens (including phenoxy) is 1. The molecule has 2 aromatic rings. The summed E-state index contributed by atoms with van der Waals surface area (Å²) in [6.45, 7) is 5.46. The van der Waals surface area contributed by atoms with Crippen molar-refractivity contribution in [1.29, 1.82) is 0 Å². The van der Waals surface area contributed by atoms with Crippen LogP contribution < -0.4 is 5.32 Å². The molecule has 0 aromatic heterocycles. The molecule has 0 saturated carbocycles. The van der Waals surface area contributed by atoms with Crippen molar-refractivity contribution in [2.75, 3.05) is 5.32 Å². The van der Waals surface area contributed by atoms with Crippen molar-refractivity contribution in [3.05, 3.63) is 71.3 Å². The predicted octanol–water partition coefficient (Wildman–Crippen LogP) is 3.89. The van der Waals surface area contributed by atoms with E-state index in [9.17, 15) is 9.59 Å². The minimum Gasteiger partial charge on any atom is -0.449 e. The van der Waals surface area contributed by atoms with Gasteiger partial charge in [-0.1, -0.05) is 42.5 Å². The Labute approximate surface area is 142 Å². The topological polar surface area (TPSA) is 55.4 Å². The SMILES string of the molecule is Cc1cccc(NC(=O)C(C)OC(=O)C=Cc2ccccc2)c1C. The van der Waals surface area contributed by atoms with Gasteiger partial charge in [-0.15, -0.1) is 0 Å². The Morgan fingerprint density at radius 1 is 1.04 bits per heavy atom. The van der Waals surface area contributed by atoms with Gasteiger partial charge in [-0.3, -0.25) is 4.79 Å². The van der Waals surface area contributed by atoms with E-state index >= 15 is 0 Å². The lowest BCUT2D eigenvalue weighted by molar-refractivity contribution is -0.148. The molecule has 2 rings (SSSR count). The zero-order valence-corrected chi connectivity index (χ0v) is 14.1. The molecule has 0 spiro atoms. The molecule has 0 radical (unpaired) electrons. The summed E-state index contributed by atoms with van der Waals surface area (Å²) in [6, 6.07) is 15.1. The van der Waals surface area contributed by atoms with Crippen molar-refractivity contribution < 1.29 is 14.3 Å². The van der Waals surface area contributed by atoms with Crippen molar-refractivity contribution >= 4 is 23.6 Å². The highest BCUT2D eigenvalue weighted by Gasteiger charge is 2.17. The van der Waals surface area contributed by atoms with E-state index in [1.807, 2.05) is 62.4 Å². The molecule has 0 fully saturated rings. The maximum Gasteiger partial charge on any atom is 0.331 e. The van der Waals surface area contributed by atoms with E-state index in [0.29, 0.717) is 0 Å². The quantitative estimate of drug-likeness (QED) is 0.671. The first kappa shape index (κ1) is 17.5. The molecule has 1 amide bonds. The first-order valence-electron chi connectivity index (χ1n) is 7.78. The van der Waals surface area contributed by atoms with E-state index in [2.05, 4.69) is 5.32 Å². The number of nitrogens with one attached hydrogen (secondary N) is 1. The number of hydrogen-bond acceptors (Lipinski definition) is 3. The van der Waals surface area contributed by atoms with Gasteiger partial charge in [0.05, 0.1) is 0 Å². The Balaban J connectivity index is 1.92. The second-order valence-corrected chi connectivity index (χ2v) is 5.56. The molecule has 0 aliphatic carbocycles. The van der Waals surface area contributed by atoms with Crippen LogP contribution in [0.5, 0.6) is 0 Å². The third kappa shape index (κ3) is 4.81. The third-order valence-electron chi connectivity index (χ3n) is 3.74. The van der Waals surface area contributed by atoms with Crippen LogP contribution in [0, 0.1) is 13.8 Å². The summed E-state index contributed by atoms with van der Waals surface area (Å²) in [7, 11) is 0. The first-order valence-corrected chi connectivity index (χ1v) is 7.78. The molecule has 124 valence electrons. The van der Waals surface area contributed by atoms with Gasteiger partial charge in [-0.05, 0) is 49.6 Å². The van der Waals surface area contributed by atoms with Gasteiger partial charge in [0.1, 0.15) is 0 Å². The Kier molecular flexibility index (Phi) is 5.90. The Hall–Kier alpha value is -2.88. The number of hydrogen-bond donors (Lipinski definition) is 1. The standard InChI is InChI=1S/C20H21NO3/c1-14-8-7-11-18(15(14)2)21-20(23)16(3)24-19(22)13-12-17-9-5-4-6-10-17/h4-13,16H,1-3H3,(H,21,23). The zero-order chi connectivity index (χ0) is 17.5. The van der Waals surface area contributed by atoms with Gasteiger partial charge in [0.25, 0.3) is 5.91 Å². The van der Waals surface area contributed by atoms with Crippen LogP contribution in [0.4, 0.5) is 5.69 Å². The Morgan fingerprint density at radius 3 is 2.46 bits per heavy atom. The molecule has 0 saturated heterocycles. The maximum absolute atomic E-state index is 12.2. The highest BCUT2D eigenvalue weighted by Crippen LogP contribution is 2.18. The van der Waals surface area contributed by atoms with Crippen LogP contribution in [-0.2, 0) is 14.3 Å². The molecular weight excluding hydrogens is 302 g/mol. The summed E-state index contributed by atoms with van der Waals surface area (Å²) in [5, 5.41) is 2.79. The van der Waals surface area contributed by atoms with Gasteiger partial charge in [0, 0.05) is 11.8 Å². The normalized spacial score (nSPS) is 12.0. The maximum atomic E-state index is 12.2. The highest BCUT2D eigenvalue weighted by atomic mass is 16.5. The second kappa shape index (κ2) is 8.11. The van der Waals surface area contributed by atoms with E-state index in [0.717, 1.165) is 22.4 Å². The second-order valence-electron chi connectivity index (χ2n) is 5.56. The van der Waals surface area contributed by atoms with Crippen molar-refractivity contribution in [2.45, 2.75) is 26.9 Å². The number of aryl methyl sites for hydroxylation is 1. The van der Waals surface area contributed by atoms with Crippen molar-refractivity contribution in [1.82, 2.24) is 0 Å². The summed E-state index contributed by atoms with van der Waals surface area (Å²) in [4.78, 5) is 24.0. The highest BCUT2D eigenvalue weighted by molar-refractivity contribution is 5.97. The summed E-state index contributed by atoms with van der Waals surface area (Å²) in [5.41, 5.74) is 3.70. The number of anilines is 1. The number of carbonyl (C=O) groups excluding carboxylic acids is 2. The minimum atomic E-state index is -0.877. The molecular formula is C20H21NO3. The molecule has 0 bridgehead atoms. The van der Waals surface area contributed by atoms with Gasteiger partial charge in [0.15, 0.2) is 6.10 Å². The van der Waals surface area contributed by atoms with E-state index in [1.54, 1.807) is 13.0 Å². The van der Waals surface area contributed by atoms with E-state index < -0.39 is 12.1 Å². The van der Waals surface area contributed by atoms with Crippen LogP contribution in [0.3, 0.4) is 0 Å². The van der Waals surface area contributed by atoms with E-state index in [4.69, 9.17) is 4.74 Å². The summed E-state index contributed by atoms with van der Waals surface area (Å²) < 4.78 is 5.14. The fourth-order valence-corrected chi connectivity index (χ4v) is 2.12. The Morgan fingerprint density at radius 2 is 1.75 bits per heavy atom. The molecule has 1 unspecified atom stereocenters. The molecule has 0 aliphatic rings. The summed E-state index contributed by atoms with van der Waals surface area (Å²) >= 11 is 0. The molecule has 1 atom stereocenters. The van der Waals surface area contributed by atoms with Gasteiger partial charge < -0.3 is 10.1 Å². The number of benzene rings is 2. The van der Waals surface area contributed by atoms with Gasteiger partial charge in [0.2, 0.25) is 0 Å². The number of esters is 1. The smallest absolute Gasteiger partial charge is 0.331 e. The lowest BCUT2D eigenvalue weighted by Crippen LogP contribution is -2.29. The van der Waals surface area contributed by atoms with Gasteiger partial charge in [-0.2, -0.15) is 0 Å². The molecule has 0 aliphatic heterocycles. The fourth-order valence-electron chi connectivity index (χ4n) is 2.12. The van der Waals surface area contributed by atoms with Crippen molar-refractivity contribution in [3.8, 4) is 0 Å². The molecule has 4 nitrogen and oxygen atoms in total. The van der Waals surface area contributed by atoms with Crippen LogP contribution in [0.25, 0.3) is 6.08 Å². The van der Waals surface area contributed by atoms with Crippen LogP contribution in [0.2, 0.25) is 0 Å². The molecule has 24 heavy (non-hydrogen) atoms. The largest absolute Gasteiger partial charge is 0.449 e. The predicted molar refractivity (Wildman–Crippen MR) is 95.6 cm³/mol. The number of rotatable bonds is 5. The van der Waals surface area contributed by atoms with Crippen molar-refractivity contribution in [2.24, 2.45) is 0 Å². The van der Waals surface area contributed by atoms with Crippen LogP contribution in [-0.4, -0.2) is 18.0 Å². The third-order valence-corrected chi connectivity index (χ3v) is 3.74. The van der Waals surface area contributed by atoms with Crippen LogP contribution in [0.1, 0.15) is 23.6 Å². The van der Waals surface area contributed by atoms with Gasteiger partial charge in [-0.25, -0.2) is 4.79 Å². The average molecular weight is 323 g/mol. The Bertz CT molecular complexity index is 751. The molecule has 2 aromatic carbocycles. The monoisotopic (exact) mass is 323 g/mol. The lowest BCUT2D eigenvalue weighted by Gasteiger charge is -2.14. The fraction of sp³-hybridized carbons (Fsp3) is 0.200. The molecule has 1 N–H and O–H groups in total. The number of carbonyl (C=O) groups is 2. The summed E-state index contributed by atoms with van der Waals surface area (Å²) in [6.07, 6.45) is 2.09. The van der Waals surface area contributed by atoms with Crippen molar-refractivity contribution in [3.63, 3.8) is 0 Å². The van der Waals surface area contributed by atoms with E-state index in [-0.39, 0.29) is 5.91 Å². The minimum absolute atomic E-state index is 0.356. The molecule has 0 heterocycles. The zero-order valence-electron chi connectivity index (χ0n) is 14.1. The molecule has 4 heteroatoms. The van der Waals surface area contributed by atoms with Gasteiger partial charge >= 0.3 is 5.97 Å². The number of amides is 1.